The number of pyridine rings is 1. The third kappa shape index (κ3) is 4.73. The van der Waals surface area contributed by atoms with Gasteiger partial charge in [-0.25, -0.2) is 14.2 Å². The van der Waals surface area contributed by atoms with Gasteiger partial charge in [-0.2, -0.15) is 0 Å². The molecule has 2 fully saturated rings. The maximum Gasteiger partial charge on any atom is 0.346 e. The number of benzene rings is 1. The molecule has 0 bridgehead atoms. The smallest absolute Gasteiger partial charge is 0.346 e. The van der Waals surface area contributed by atoms with Crippen LogP contribution in [0.15, 0.2) is 59.7 Å². The summed E-state index contributed by atoms with van der Waals surface area (Å²) in [7, 11) is 0. The monoisotopic (exact) mass is 525 g/mol. The largest absolute Gasteiger partial charge is 0.384 e. The lowest BCUT2D eigenvalue weighted by Crippen LogP contribution is -2.57. The van der Waals surface area contributed by atoms with Gasteiger partial charge >= 0.3 is 5.69 Å². The van der Waals surface area contributed by atoms with Gasteiger partial charge in [0, 0.05) is 62.0 Å². The molecule has 194 valence electrons. The van der Waals surface area contributed by atoms with E-state index in [0.717, 1.165) is 5.69 Å². The molecule has 37 heavy (non-hydrogen) atoms. The third-order valence-corrected chi connectivity index (χ3v) is 8.10. The first-order valence-corrected chi connectivity index (χ1v) is 12.7. The zero-order valence-corrected chi connectivity index (χ0v) is 21.4. The van der Waals surface area contributed by atoms with E-state index < -0.39 is 17.2 Å². The highest BCUT2D eigenvalue weighted by Gasteiger charge is 2.49. The minimum absolute atomic E-state index is 0.0273. The summed E-state index contributed by atoms with van der Waals surface area (Å²) in [5.74, 6) is -0.963. The molecule has 10 heteroatoms. The molecule has 2 aliphatic rings. The van der Waals surface area contributed by atoms with Crippen LogP contribution in [-0.2, 0) is 10.4 Å². The molecule has 0 spiro atoms. The number of hydrogen-bond donors (Lipinski definition) is 2. The molecular weight excluding hydrogens is 497 g/mol. The van der Waals surface area contributed by atoms with Gasteiger partial charge in [0.15, 0.2) is 0 Å². The number of aromatic amines is 1. The van der Waals surface area contributed by atoms with Crippen LogP contribution in [0.1, 0.15) is 31.0 Å². The van der Waals surface area contributed by atoms with Crippen LogP contribution in [0, 0.1) is 23.6 Å². The lowest BCUT2D eigenvalue weighted by Gasteiger charge is -2.48. The van der Waals surface area contributed by atoms with E-state index in [-0.39, 0.29) is 29.5 Å². The summed E-state index contributed by atoms with van der Waals surface area (Å²) in [5, 5.41) is 12.2. The van der Waals surface area contributed by atoms with Crippen molar-refractivity contribution in [2.75, 3.05) is 31.1 Å². The van der Waals surface area contributed by atoms with Crippen molar-refractivity contribution in [3.05, 3.63) is 87.4 Å². The number of amides is 1. The number of hydrogen-bond acceptors (Lipinski definition) is 6. The van der Waals surface area contributed by atoms with E-state index in [1.165, 1.54) is 18.3 Å². The van der Waals surface area contributed by atoms with Crippen LogP contribution in [0.2, 0.25) is 5.02 Å². The van der Waals surface area contributed by atoms with E-state index in [9.17, 15) is 19.1 Å². The number of carbonyl (C=O) groups excluding carboxylic acids is 1. The molecular formula is C27H29ClFN5O3. The second kappa shape index (κ2) is 9.87. The van der Waals surface area contributed by atoms with Gasteiger partial charge in [-0.3, -0.25) is 14.8 Å². The van der Waals surface area contributed by atoms with Gasteiger partial charge in [-0.05, 0) is 35.9 Å². The van der Waals surface area contributed by atoms with Crippen LogP contribution in [0.4, 0.5) is 10.2 Å². The number of rotatable bonds is 4. The van der Waals surface area contributed by atoms with Crippen LogP contribution >= 0.6 is 11.6 Å². The molecule has 0 radical (unpaired) electrons. The van der Waals surface area contributed by atoms with Crippen LogP contribution < -0.4 is 10.6 Å². The summed E-state index contributed by atoms with van der Waals surface area (Å²) >= 11 is 6.06. The SMILES string of the molecule is C[C@@H]1CN(C(=O)[C@@H]2CN(c3ccnc(=O)[nH]3)C[C@H]2c2ccc(Cl)cn2)C[C@H](C)C1(O)c1ccc(F)cc1. The zero-order chi connectivity index (χ0) is 26.3. The molecule has 2 saturated heterocycles. The quantitative estimate of drug-likeness (QED) is 0.542. The Hall–Kier alpha value is -3.30. The maximum atomic E-state index is 14.0. The number of likely N-dealkylation sites (tertiary alicyclic amines) is 1. The minimum atomic E-state index is -1.18. The van der Waals surface area contributed by atoms with Crippen molar-refractivity contribution in [1.82, 2.24) is 19.9 Å². The Balaban J connectivity index is 1.41. The van der Waals surface area contributed by atoms with Crippen molar-refractivity contribution in [1.29, 1.82) is 0 Å². The molecule has 3 aromatic rings. The fourth-order valence-electron chi connectivity index (χ4n) is 5.90. The Morgan fingerprint density at radius 3 is 2.38 bits per heavy atom. The molecule has 0 aliphatic carbocycles. The number of nitrogens with one attached hydrogen (secondary N) is 1. The second-order valence-corrected chi connectivity index (χ2v) is 10.6. The average Bonchev–Trinajstić information content (AvgIpc) is 3.33. The lowest BCUT2D eigenvalue weighted by molar-refractivity contribution is -0.152. The Kier molecular flexibility index (Phi) is 6.76. The summed E-state index contributed by atoms with van der Waals surface area (Å²) in [5.41, 5.74) is -0.229. The molecule has 5 atom stereocenters. The number of piperidine rings is 1. The molecule has 0 saturated carbocycles. The minimum Gasteiger partial charge on any atom is -0.384 e. The number of anilines is 1. The first-order chi connectivity index (χ1) is 17.7. The highest BCUT2D eigenvalue weighted by molar-refractivity contribution is 6.30. The van der Waals surface area contributed by atoms with Gasteiger partial charge < -0.3 is 14.9 Å². The van der Waals surface area contributed by atoms with Crippen LogP contribution in [0.25, 0.3) is 0 Å². The van der Waals surface area contributed by atoms with E-state index in [2.05, 4.69) is 15.0 Å². The first-order valence-electron chi connectivity index (χ1n) is 12.4. The van der Waals surface area contributed by atoms with Gasteiger partial charge in [0.05, 0.1) is 16.5 Å². The molecule has 1 aromatic carbocycles. The van der Waals surface area contributed by atoms with Crippen molar-refractivity contribution >= 4 is 23.3 Å². The summed E-state index contributed by atoms with van der Waals surface area (Å²) in [6.07, 6.45) is 3.02. The number of H-pyrrole nitrogens is 1. The highest BCUT2D eigenvalue weighted by atomic mass is 35.5. The van der Waals surface area contributed by atoms with Crippen LogP contribution in [0.5, 0.6) is 0 Å². The Labute approximate surface area is 219 Å². The van der Waals surface area contributed by atoms with E-state index in [0.29, 0.717) is 42.6 Å². The van der Waals surface area contributed by atoms with Gasteiger partial charge in [-0.1, -0.05) is 37.6 Å². The molecule has 5 rings (SSSR count). The maximum absolute atomic E-state index is 14.0. The van der Waals surface area contributed by atoms with Crippen molar-refractivity contribution in [2.24, 2.45) is 17.8 Å². The predicted molar refractivity (Wildman–Crippen MR) is 138 cm³/mol. The van der Waals surface area contributed by atoms with Gasteiger partial charge in [-0.15, -0.1) is 0 Å². The van der Waals surface area contributed by atoms with Crippen LogP contribution in [0.3, 0.4) is 0 Å². The Morgan fingerprint density at radius 1 is 1.05 bits per heavy atom. The second-order valence-electron chi connectivity index (χ2n) is 10.2. The number of carbonyl (C=O) groups is 1. The number of aromatic nitrogens is 3. The van der Waals surface area contributed by atoms with Gasteiger partial charge in [0.2, 0.25) is 5.91 Å². The number of aliphatic hydroxyl groups is 1. The summed E-state index contributed by atoms with van der Waals surface area (Å²) in [4.78, 5) is 40.6. The molecule has 2 aliphatic heterocycles. The standard InChI is InChI=1S/C27H29ClFN5O3/c1-16-12-34(13-17(2)27(16,37)18-3-6-20(29)7-4-18)25(35)22-15-33(24-9-10-30-26(36)32-24)14-21(22)23-8-5-19(28)11-31-23/h3-11,16-17,21-22,37H,12-15H2,1-2H3,(H,30,32,36)/t16-,17+,21-,22-,27?/m1/s1. The van der Waals surface area contributed by atoms with E-state index in [4.69, 9.17) is 11.6 Å². The molecule has 8 nitrogen and oxygen atoms in total. The molecule has 1 amide bonds. The zero-order valence-electron chi connectivity index (χ0n) is 20.6. The predicted octanol–water partition coefficient (Wildman–Crippen LogP) is 3.18. The topological polar surface area (TPSA) is 102 Å². The highest BCUT2D eigenvalue weighted by Crippen LogP contribution is 2.43. The number of nitrogens with zero attached hydrogens (tertiary/aromatic N) is 4. The van der Waals surface area contributed by atoms with Crippen molar-refractivity contribution in [2.45, 2.75) is 25.4 Å². The van der Waals surface area contributed by atoms with E-state index in [1.54, 1.807) is 30.5 Å². The first kappa shape index (κ1) is 25.4. The number of halogens is 2. The molecule has 4 heterocycles. The van der Waals surface area contributed by atoms with Gasteiger partial charge in [0.1, 0.15) is 11.6 Å². The Morgan fingerprint density at radius 2 is 1.76 bits per heavy atom. The molecule has 1 unspecified atom stereocenters. The lowest BCUT2D eigenvalue weighted by atomic mass is 9.70. The van der Waals surface area contributed by atoms with Gasteiger partial charge in [0.25, 0.3) is 0 Å². The fourth-order valence-corrected chi connectivity index (χ4v) is 6.01. The summed E-state index contributed by atoms with van der Waals surface area (Å²) in [6, 6.07) is 11.2. The summed E-state index contributed by atoms with van der Waals surface area (Å²) < 4.78 is 13.5. The summed E-state index contributed by atoms with van der Waals surface area (Å²) in [6.45, 7) is 5.44. The van der Waals surface area contributed by atoms with E-state index >= 15 is 0 Å². The molecule has 2 N–H and O–H groups in total. The fraction of sp³-hybridized carbons (Fsp3) is 0.407. The molecule has 2 aromatic heterocycles. The van der Waals surface area contributed by atoms with Crippen molar-refractivity contribution in [3.63, 3.8) is 0 Å². The van der Waals surface area contributed by atoms with Crippen molar-refractivity contribution < 1.29 is 14.3 Å². The Bertz CT molecular complexity index is 1320. The van der Waals surface area contributed by atoms with E-state index in [1.807, 2.05) is 29.7 Å². The average molecular weight is 526 g/mol. The third-order valence-electron chi connectivity index (χ3n) is 7.88. The van der Waals surface area contributed by atoms with Crippen LogP contribution in [-0.4, -0.2) is 57.0 Å². The van der Waals surface area contributed by atoms with Crippen molar-refractivity contribution in [3.8, 4) is 0 Å². The normalized spacial score (nSPS) is 27.9.